The van der Waals surface area contributed by atoms with Gasteiger partial charge in [-0.1, -0.05) is 30.3 Å². The van der Waals surface area contributed by atoms with Crippen LogP contribution in [-0.2, 0) is 21.1 Å². The fraction of sp³-hybridized carbons (Fsp3) is 0.167. The van der Waals surface area contributed by atoms with Gasteiger partial charge in [0.2, 0.25) is 5.91 Å². The van der Waals surface area contributed by atoms with Gasteiger partial charge in [0.25, 0.3) is 0 Å². The van der Waals surface area contributed by atoms with Crippen LogP contribution in [0.3, 0.4) is 0 Å². The molecule has 0 aliphatic carbocycles. The largest absolute Gasteiger partial charge is 0.326 e. The molecule has 0 bridgehead atoms. The van der Waals surface area contributed by atoms with Crippen molar-refractivity contribution in [2.75, 3.05) is 5.32 Å². The van der Waals surface area contributed by atoms with Gasteiger partial charge >= 0.3 is 0 Å². The molecular formula is C24H23N3O3S. The van der Waals surface area contributed by atoms with Crippen molar-refractivity contribution in [1.82, 2.24) is 9.38 Å². The first kappa shape index (κ1) is 20.8. The molecule has 0 unspecified atom stereocenters. The van der Waals surface area contributed by atoms with E-state index in [1.54, 1.807) is 38.1 Å². The van der Waals surface area contributed by atoms with E-state index in [1.165, 1.54) is 0 Å². The van der Waals surface area contributed by atoms with E-state index in [0.29, 0.717) is 5.69 Å². The highest BCUT2D eigenvalue weighted by atomic mass is 32.2. The van der Waals surface area contributed by atoms with E-state index in [0.717, 1.165) is 22.5 Å². The van der Waals surface area contributed by atoms with Crippen molar-refractivity contribution in [3.63, 3.8) is 0 Å². The van der Waals surface area contributed by atoms with Gasteiger partial charge in [0.1, 0.15) is 5.65 Å². The number of pyridine rings is 1. The third-order valence-electron chi connectivity index (χ3n) is 5.07. The number of benzene rings is 2. The highest BCUT2D eigenvalue weighted by molar-refractivity contribution is 7.92. The Labute approximate surface area is 181 Å². The normalized spacial score (nSPS) is 11.7. The molecule has 7 heteroatoms. The second-order valence-corrected chi connectivity index (χ2v) is 10.1. The van der Waals surface area contributed by atoms with Gasteiger partial charge in [-0.05, 0) is 55.8 Å². The average molecular weight is 434 g/mol. The maximum absolute atomic E-state index is 12.4. The molecule has 0 fully saturated rings. The number of amides is 1. The Morgan fingerprint density at radius 2 is 1.71 bits per heavy atom. The zero-order chi connectivity index (χ0) is 22.0. The molecule has 0 spiro atoms. The van der Waals surface area contributed by atoms with Crippen molar-refractivity contribution >= 4 is 27.1 Å². The molecule has 0 saturated carbocycles. The van der Waals surface area contributed by atoms with Crippen LogP contribution < -0.4 is 5.32 Å². The summed E-state index contributed by atoms with van der Waals surface area (Å²) in [6.07, 6.45) is 4.08. The first-order valence-electron chi connectivity index (χ1n) is 10.00. The summed E-state index contributed by atoms with van der Waals surface area (Å²) in [5, 5.41) is 2.39. The Morgan fingerprint density at radius 1 is 1.00 bits per heavy atom. The summed E-state index contributed by atoms with van der Waals surface area (Å²) in [6, 6.07) is 19.8. The molecule has 2 aromatic carbocycles. The number of hydrogen-bond acceptors (Lipinski definition) is 4. The van der Waals surface area contributed by atoms with Gasteiger partial charge in [0.05, 0.1) is 22.3 Å². The van der Waals surface area contributed by atoms with Gasteiger partial charge in [0.15, 0.2) is 9.84 Å². The Bertz CT molecular complexity index is 1290. The van der Waals surface area contributed by atoms with E-state index >= 15 is 0 Å². The third kappa shape index (κ3) is 4.51. The Kier molecular flexibility index (Phi) is 5.61. The minimum absolute atomic E-state index is 0.163. The minimum Gasteiger partial charge on any atom is -0.326 e. The lowest BCUT2D eigenvalue weighted by atomic mass is 10.1. The quantitative estimate of drug-likeness (QED) is 0.490. The van der Waals surface area contributed by atoms with Gasteiger partial charge < -0.3 is 9.72 Å². The van der Waals surface area contributed by atoms with Gasteiger partial charge in [-0.3, -0.25) is 4.79 Å². The molecule has 0 atom stereocenters. The van der Waals surface area contributed by atoms with Crippen molar-refractivity contribution in [2.24, 2.45) is 0 Å². The van der Waals surface area contributed by atoms with E-state index in [4.69, 9.17) is 0 Å². The van der Waals surface area contributed by atoms with Crippen LogP contribution in [0.2, 0.25) is 0 Å². The van der Waals surface area contributed by atoms with Crippen LogP contribution in [0.25, 0.3) is 16.9 Å². The standard InChI is InChI=1S/C24H23N3O3S/c1-17(2)31(29,30)21-12-6-18(7-13-21)15-24(28)25-20-10-8-19(9-11-20)22-16-27-14-4-3-5-23(27)26-22/h3-14,16-17H,15H2,1-2H3,(H,25,28). The fourth-order valence-corrected chi connectivity index (χ4v) is 4.32. The monoisotopic (exact) mass is 433 g/mol. The van der Waals surface area contributed by atoms with Crippen LogP contribution in [0.1, 0.15) is 19.4 Å². The third-order valence-corrected chi connectivity index (χ3v) is 7.24. The van der Waals surface area contributed by atoms with Gasteiger partial charge in [-0.25, -0.2) is 13.4 Å². The molecule has 31 heavy (non-hydrogen) atoms. The van der Waals surface area contributed by atoms with Crippen LogP contribution in [0, 0.1) is 0 Å². The number of rotatable bonds is 6. The van der Waals surface area contributed by atoms with E-state index in [-0.39, 0.29) is 17.2 Å². The van der Waals surface area contributed by atoms with Crippen LogP contribution in [0.15, 0.2) is 84.0 Å². The maximum atomic E-state index is 12.4. The second-order valence-electron chi connectivity index (χ2n) is 7.63. The lowest BCUT2D eigenvalue weighted by Gasteiger charge is -2.09. The summed E-state index contributed by atoms with van der Waals surface area (Å²) < 4.78 is 26.4. The molecule has 0 saturated heterocycles. The van der Waals surface area contributed by atoms with Crippen molar-refractivity contribution in [1.29, 1.82) is 0 Å². The molecule has 0 radical (unpaired) electrons. The lowest BCUT2D eigenvalue weighted by Crippen LogP contribution is -2.15. The number of anilines is 1. The summed E-state index contributed by atoms with van der Waals surface area (Å²) in [7, 11) is -3.31. The summed E-state index contributed by atoms with van der Waals surface area (Å²) in [4.78, 5) is 17.3. The van der Waals surface area contributed by atoms with Gasteiger partial charge in [-0.15, -0.1) is 0 Å². The molecule has 2 aromatic heterocycles. The molecule has 1 amide bonds. The molecule has 2 heterocycles. The highest BCUT2D eigenvalue weighted by Gasteiger charge is 2.18. The number of imidazole rings is 1. The molecule has 6 nitrogen and oxygen atoms in total. The summed E-state index contributed by atoms with van der Waals surface area (Å²) >= 11 is 0. The molecular weight excluding hydrogens is 410 g/mol. The predicted octanol–water partition coefficient (Wildman–Crippen LogP) is 4.36. The number of carbonyl (C=O) groups excluding carboxylic acids is 1. The number of nitrogens with one attached hydrogen (secondary N) is 1. The van der Waals surface area contributed by atoms with Crippen LogP contribution in [0.4, 0.5) is 5.69 Å². The number of sulfone groups is 1. The van der Waals surface area contributed by atoms with E-state index in [9.17, 15) is 13.2 Å². The number of nitrogens with zero attached hydrogens (tertiary/aromatic N) is 2. The molecule has 0 aliphatic rings. The van der Waals surface area contributed by atoms with Gasteiger partial charge in [-0.2, -0.15) is 0 Å². The summed E-state index contributed by atoms with van der Waals surface area (Å²) in [5.41, 5.74) is 4.14. The molecule has 0 aliphatic heterocycles. The first-order chi connectivity index (χ1) is 14.8. The van der Waals surface area contributed by atoms with E-state index in [2.05, 4.69) is 10.3 Å². The molecule has 4 rings (SSSR count). The number of carbonyl (C=O) groups is 1. The molecule has 4 aromatic rings. The minimum atomic E-state index is -3.31. The molecule has 1 N–H and O–H groups in total. The molecule has 158 valence electrons. The predicted molar refractivity (Wildman–Crippen MR) is 122 cm³/mol. The van der Waals surface area contributed by atoms with Crippen molar-refractivity contribution in [2.45, 2.75) is 30.4 Å². The second kappa shape index (κ2) is 8.35. The first-order valence-corrected chi connectivity index (χ1v) is 11.5. The highest BCUT2D eigenvalue weighted by Crippen LogP contribution is 2.22. The van der Waals surface area contributed by atoms with Crippen LogP contribution >= 0.6 is 0 Å². The summed E-state index contributed by atoms with van der Waals surface area (Å²) in [6.45, 7) is 3.30. The maximum Gasteiger partial charge on any atom is 0.228 e. The number of fused-ring (bicyclic) bond motifs is 1. The zero-order valence-electron chi connectivity index (χ0n) is 17.3. The Morgan fingerprint density at radius 3 is 2.35 bits per heavy atom. The lowest BCUT2D eigenvalue weighted by molar-refractivity contribution is -0.115. The number of aromatic nitrogens is 2. The van der Waals surface area contributed by atoms with Crippen LogP contribution in [-0.4, -0.2) is 29.0 Å². The summed E-state index contributed by atoms with van der Waals surface area (Å²) in [5.74, 6) is -0.167. The SMILES string of the molecule is CC(C)S(=O)(=O)c1ccc(CC(=O)Nc2ccc(-c3cn4ccccc4n3)cc2)cc1. The van der Waals surface area contributed by atoms with Crippen molar-refractivity contribution in [3.8, 4) is 11.3 Å². The Balaban J connectivity index is 1.41. The topological polar surface area (TPSA) is 80.5 Å². The van der Waals surface area contributed by atoms with E-state index in [1.807, 2.05) is 59.3 Å². The Hall–Kier alpha value is -3.45. The van der Waals surface area contributed by atoms with Crippen LogP contribution in [0.5, 0.6) is 0 Å². The van der Waals surface area contributed by atoms with Crippen molar-refractivity contribution < 1.29 is 13.2 Å². The van der Waals surface area contributed by atoms with Gasteiger partial charge in [0, 0.05) is 23.6 Å². The zero-order valence-corrected chi connectivity index (χ0v) is 18.1. The fourth-order valence-electron chi connectivity index (χ4n) is 3.26. The van der Waals surface area contributed by atoms with Crippen molar-refractivity contribution in [3.05, 3.63) is 84.7 Å². The number of hydrogen-bond donors (Lipinski definition) is 1. The average Bonchev–Trinajstić information content (AvgIpc) is 3.19. The van der Waals surface area contributed by atoms with E-state index < -0.39 is 15.1 Å². The smallest absolute Gasteiger partial charge is 0.228 e.